The molecule has 0 amide bonds. The van der Waals surface area contributed by atoms with E-state index in [9.17, 15) is 40.9 Å². The highest BCUT2D eigenvalue weighted by Crippen LogP contribution is 2.14. The van der Waals surface area contributed by atoms with Crippen molar-refractivity contribution < 1.29 is 59.8 Å². The fourth-order valence-corrected chi connectivity index (χ4v) is 3.87. The Hall–Kier alpha value is -2.20. The second-order valence-corrected chi connectivity index (χ2v) is 10.2. The molecule has 0 saturated carbocycles. The molecule has 0 atom stereocenters. The van der Waals surface area contributed by atoms with Gasteiger partial charge < -0.3 is 59.8 Å². The molecular formula is C26H48N6O12. The first-order valence-electron chi connectivity index (χ1n) is 14.6. The summed E-state index contributed by atoms with van der Waals surface area (Å²) in [4.78, 5) is 0. The first-order valence-corrected chi connectivity index (χ1v) is 14.6. The zero-order chi connectivity index (χ0) is 32.2. The molecule has 0 aliphatic rings. The molecule has 8 N–H and O–H groups in total. The Labute approximate surface area is 255 Å². The first-order chi connectivity index (χ1) is 21.4. The summed E-state index contributed by atoms with van der Waals surface area (Å²) in [5, 5.41) is 91.1. The predicted octanol–water partition coefficient (Wildman–Crippen LogP) is -4.00. The van der Waals surface area contributed by atoms with Crippen LogP contribution in [0.15, 0.2) is 12.4 Å². The van der Waals surface area contributed by atoms with Crippen molar-refractivity contribution in [3.05, 3.63) is 23.8 Å². The molecule has 0 saturated heterocycles. The van der Waals surface area contributed by atoms with Crippen LogP contribution in [0.3, 0.4) is 0 Å². The zero-order valence-electron chi connectivity index (χ0n) is 24.8. The summed E-state index contributed by atoms with van der Waals surface area (Å²) in [6.45, 7) is -2.69. The molecule has 0 aliphatic heterocycles. The van der Waals surface area contributed by atoms with E-state index in [-0.39, 0.29) is 79.3 Å². The number of hydrogen-bond acceptors (Lipinski definition) is 16. The Morgan fingerprint density at radius 2 is 0.750 bits per heavy atom. The summed E-state index contributed by atoms with van der Waals surface area (Å²) < 4.78 is 25.3. The topological polar surface area (TPSA) is 260 Å². The van der Waals surface area contributed by atoms with Gasteiger partial charge in [0.25, 0.3) is 0 Å². The van der Waals surface area contributed by atoms with E-state index in [2.05, 4.69) is 20.6 Å². The van der Waals surface area contributed by atoms with Crippen molar-refractivity contribution >= 4 is 0 Å². The number of unbranched alkanes of at least 4 members (excludes halogenated alkanes) is 1. The minimum absolute atomic E-state index is 0.0478. The number of aliphatic hydroxyl groups excluding tert-OH is 8. The molecule has 2 aromatic rings. The maximum Gasteiger partial charge on any atom is 0.104 e. The number of rotatable bonds is 27. The summed E-state index contributed by atoms with van der Waals surface area (Å²) in [7, 11) is 0. The quantitative estimate of drug-likeness (QED) is 0.0434. The zero-order valence-corrected chi connectivity index (χ0v) is 24.8. The monoisotopic (exact) mass is 636 g/mol. The third-order valence-corrected chi connectivity index (χ3v) is 6.71. The summed E-state index contributed by atoms with van der Waals surface area (Å²) >= 11 is 0. The predicted molar refractivity (Wildman–Crippen MR) is 150 cm³/mol. The average Bonchev–Trinajstić information content (AvgIpc) is 3.73. The number of ether oxygens (including phenoxy) is 4. The van der Waals surface area contributed by atoms with E-state index in [0.29, 0.717) is 12.8 Å². The Morgan fingerprint density at radius 1 is 0.477 bits per heavy atom. The van der Waals surface area contributed by atoms with Gasteiger partial charge in [0.15, 0.2) is 0 Å². The van der Waals surface area contributed by atoms with E-state index in [0.717, 1.165) is 24.2 Å². The van der Waals surface area contributed by atoms with Gasteiger partial charge >= 0.3 is 0 Å². The molecule has 0 aliphatic carbocycles. The van der Waals surface area contributed by atoms with Crippen LogP contribution >= 0.6 is 0 Å². The van der Waals surface area contributed by atoms with Crippen LogP contribution in [-0.4, -0.2) is 175 Å². The Balaban J connectivity index is 1.92. The maximum atomic E-state index is 9.29. The molecule has 2 rings (SSSR count). The molecule has 0 aromatic carbocycles. The number of aliphatic hydroxyl groups is 8. The molecule has 18 nitrogen and oxygen atoms in total. The van der Waals surface area contributed by atoms with E-state index in [1.54, 1.807) is 21.8 Å². The largest absolute Gasteiger partial charge is 0.394 e. The van der Waals surface area contributed by atoms with E-state index in [4.69, 9.17) is 18.9 Å². The van der Waals surface area contributed by atoms with Crippen molar-refractivity contribution in [2.24, 2.45) is 0 Å². The highest BCUT2D eigenvalue weighted by molar-refractivity contribution is 4.96. The van der Waals surface area contributed by atoms with Gasteiger partial charge in [-0.2, -0.15) is 0 Å². The van der Waals surface area contributed by atoms with Crippen molar-refractivity contribution in [3.8, 4) is 0 Å². The third kappa shape index (κ3) is 13.4. The number of nitrogens with zero attached hydrogens (tertiary/aromatic N) is 6. The standard InChI is InChI=1S/C26H48N6O12/c33-7-23(8-34)41-15-21(16-42-24(9-35)10-36)31-5-19(27-29-31)3-1-2-4-20-6-32(30-28-20)22(17-43-25(11-37)12-38)18-44-26(13-39)14-40/h5-6,21-26,33-40H,1-4,7-18H2. The van der Waals surface area contributed by atoms with Crippen LogP contribution in [0.25, 0.3) is 0 Å². The van der Waals surface area contributed by atoms with Crippen LogP contribution in [0, 0.1) is 0 Å². The lowest BCUT2D eigenvalue weighted by Crippen LogP contribution is -2.31. The third-order valence-electron chi connectivity index (χ3n) is 6.71. The van der Waals surface area contributed by atoms with Crippen LogP contribution < -0.4 is 0 Å². The lowest BCUT2D eigenvalue weighted by Gasteiger charge is -2.22. The van der Waals surface area contributed by atoms with Crippen molar-refractivity contribution in [3.63, 3.8) is 0 Å². The Kier molecular flexibility index (Phi) is 19.3. The highest BCUT2D eigenvalue weighted by Gasteiger charge is 2.21. The second-order valence-electron chi connectivity index (χ2n) is 10.2. The molecule has 18 heteroatoms. The molecule has 44 heavy (non-hydrogen) atoms. The molecule has 0 radical (unpaired) electrons. The minimum Gasteiger partial charge on any atom is -0.394 e. The van der Waals surface area contributed by atoms with Crippen molar-refractivity contribution in [2.75, 3.05) is 79.3 Å². The lowest BCUT2D eigenvalue weighted by atomic mass is 10.1. The van der Waals surface area contributed by atoms with Crippen LogP contribution in [0.2, 0.25) is 0 Å². The van der Waals surface area contributed by atoms with Gasteiger partial charge in [0.2, 0.25) is 0 Å². The molecule has 0 fully saturated rings. The van der Waals surface area contributed by atoms with E-state index >= 15 is 0 Å². The average molecular weight is 637 g/mol. The van der Waals surface area contributed by atoms with Crippen LogP contribution in [-0.2, 0) is 31.8 Å². The van der Waals surface area contributed by atoms with Crippen molar-refractivity contribution in [2.45, 2.75) is 62.2 Å². The summed E-state index contributed by atoms with van der Waals surface area (Å²) in [6, 6.07) is -0.966. The summed E-state index contributed by atoms with van der Waals surface area (Å²) in [5.74, 6) is 0. The number of hydrogen-bond donors (Lipinski definition) is 8. The Bertz CT molecular complexity index is 861. The smallest absolute Gasteiger partial charge is 0.104 e. The van der Waals surface area contributed by atoms with Crippen LogP contribution in [0.1, 0.15) is 36.3 Å². The molecule has 0 bridgehead atoms. The first kappa shape index (κ1) is 38.0. The molecule has 254 valence electrons. The lowest BCUT2D eigenvalue weighted by molar-refractivity contribution is -0.0680. The van der Waals surface area contributed by atoms with Gasteiger partial charge in [-0.05, 0) is 25.7 Å². The minimum atomic E-state index is -0.767. The molecule has 2 heterocycles. The highest BCUT2D eigenvalue weighted by atomic mass is 16.5. The van der Waals surface area contributed by atoms with Gasteiger partial charge in [0.05, 0.1) is 90.7 Å². The fraction of sp³-hybridized carbons (Fsp3) is 0.846. The Morgan fingerprint density at radius 3 is 1.00 bits per heavy atom. The molecule has 0 spiro atoms. The normalized spacial score (nSPS) is 12.4. The van der Waals surface area contributed by atoms with Gasteiger partial charge in [0, 0.05) is 12.4 Å². The molecule has 0 unspecified atom stereocenters. The SMILES string of the molecule is OCC(CO)OCC(COC(CO)CO)n1cc(CCCCc2cn(C(COC(CO)CO)COC(CO)CO)nn2)nn1. The van der Waals surface area contributed by atoms with Gasteiger partial charge in [0.1, 0.15) is 36.5 Å². The summed E-state index contributed by atoms with van der Waals surface area (Å²) in [5.41, 5.74) is 1.44. The van der Waals surface area contributed by atoms with E-state index in [1.165, 1.54) is 0 Å². The summed E-state index contributed by atoms with van der Waals surface area (Å²) in [6.07, 6.45) is 3.18. The number of aryl methyl sites for hydroxylation is 2. The van der Waals surface area contributed by atoms with Crippen LogP contribution in [0.5, 0.6) is 0 Å². The molecular weight excluding hydrogens is 588 g/mol. The van der Waals surface area contributed by atoms with E-state index < -0.39 is 36.5 Å². The van der Waals surface area contributed by atoms with Crippen LogP contribution in [0.4, 0.5) is 0 Å². The van der Waals surface area contributed by atoms with Gasteiger partial charge in [-0.3, -0.25) is 0 Å². The van der Waals surface area contributed by atoms with Crippen molar-refractivity contribution in [1.82, 2.24) is 30.0 Å². The number of aromatic nitrogens is 6. The van der Waals surface area contributed by atoms with Gasteiger partial charge in [-0.25, -0.2) is 9.36 Å². The van der Waals surface area contributed by atoms with Gasteiger partial charge in [-0.15, -0.1) is 10.2 Å². The maximum absolute atomic E-state index is 9.29. The van der Waals surface area contributed by atoms with Gasteiger partial charge in [-0.1, -0.05) is 10.4 Å². The van der Waals surface area contributed by atoms with Crippen molar-refractivity contribution in [1.29, 1.82) is 0 Å². The fourth-order valence-electron chi connectivity index (χ4n) is 3.87. The van der Waals surface area contributed by atoms with E-state index in [1.807, 2.05) is 0 Å². The second kappa shape index (κ2) is 22.3. The molecule has 2 aromatic heterocycles.